The van der Waals surface area contributed by atoms with Crippen molar-refractivity contribution in [3.63, 3.8) is 0 Å². The molecular weight excluding hydrogens is 464 g/mol. The normalized spacial score (nSPS) is 11.5. The van der Waals surface area contributed by atoms with Crippen LogP contribution in [0.15, 0.2) is 82.8 Å². The molecule has 0 atom stereocenters. The van der Waals surface area contributed by atoms with Crippen molar-refractivity contribution in [2.45, 2.75) is 4.90 Å². The number of nitrogens with zero attached hydrogens (tertiary/aromatic N) is 2. The second-order valence-electron chi connectivity index (χ2n) is 6.29. The van der Waals surface area contributed by atoms with Gasteiger partial charge in [-0.2, -0.15) is 5.10 Å². The molecule has 0 aliphatic carbocycles. The van der Waals surface area contributed by atoms with E-state index in [2.05, 4.69) is 10.5 Å². The molecule has 3 aromatic carbocycles. The Bertz CT molecular complexity index is 1200. The summed E-state index contributed by atoms with van der Waals surface area (Å²) in [5.74, 6) is -1.08. The topological polar surface area (TPSA) is 78.8 Å². The molecule has 31 heavy (non-hydrogen) atoms. The Morgan fingerprint density at radius 2 is 1.68 bits per heavy atom. The number of carbonyl (C=O) groups is 1. The third kappa shape index (κ3) is 6.04. The van der Waals surface area contributed by atoms with Crippen molar-refractivity contribution >= 4 is 51.0 Å². The van der Waals surface area contributed by atoms with Gasteiger partial charge in [-0.05, 0) is 60.2 Å². The molecule has 0 heterocycles. The van der Waals surface area contributed by atoms with Gasteiger partial charge in [0.05, 0.1) is 16.8 Å². The predicted octanol–water partition coefficient (Wildman–Crippen LogP) is 4.48. The third-order valence-corrected chi connectivity index (χ3v) is 6.33. The average molecular weight is 480 g/mol. The highest BCUT2D eigenvalue weighted by Crippen LogP contribution is 2.26. The summed E-state index contributed by atoms with van der Waals surface area (Å²) in [7, 11) is -4.10. The molecule has 0 radical (unpaired) electrons. The lowest BCUT2D eigenvalue weighted by molar-refractivity contribution is -0.119. The molecule has 0 spiro atoms. The first-order valence-electron chi connectivity index (χ1n) is 8.87. The van der Waals surface area contributed by atoms with Gasteiger partial charge in [0.2, 0.25) is 0 Å². The van der Waals surface area contributed by atoms with Crippen LogP contribution in [-0.2, 0) is 14.8 Å². The Morgan fingerprint density at radius 1 is 1.00 bits per heavy atom. The van der Waals surface area contributed by atoms with E-state index < -0.39 is 28.3 Å². The van der Waals surface area contributed by atoms with E-state index in [1.165, 1.54) is 66.9 Å². The van der Waals surface area contributed by atoms with Crippen LogP contribution in [0.3, 0.4) is 0 Å². The summed E-state index contributed by atoms with van der Waals surface area (Å²) in [6.07, 6.45) is 1.31. The van der Waals surface area contributed by atoms with Crippen molar-refractivity contribution in [3.05, 3.63) is 94.2 Å². The first-order valence-corrected chi connectivity index (χ1v) is 11.1. The maximum absolute atomic E-state index is 13.2. The highest BCUT2D eigenvalue weighted by Gasteiger charge is 2.27. The molecule has 0 saturated carbocycles. The molecule has 3 aromatic rings. The largest absolute Gasteiger partial charge is 0.271 e. The molecule has 1 amide bonds. The van der Waals surface area contributed by atoms with E-state index in [0.717, 1.165) is 4.31 Å². The first kappa shape index (κ1) is 22.7. The Morgan fingerprint density at radius 3 is 2.32 bits per heavy atom. The molecule has 3 rings (SSSR count). The minimum atomic E-state index is -4.10. The minimum Gasteiger partial charge on any atom is -0.271 e. The highest BCUT2D eigenvalue weighted by atomic mass is 35.5. The van der Waals surface area contributed by atoms with Gasteiger partial charge >= 0.3 is 0 Å². The summed E-state index contributed by atoms with van der Waals surface area (Å²) in [6.45, 7) is -0.550. The van der Waals surface area contributed by atoms with Gasteiger partial charge in [0, 0.05) is 10.0 Å². The van der Waals surface area contributed by atoms with Gasteiger partial charge in [-0.15, -0.1) is 0 Å². The molecule has 0 saturated heterocycles. The van der Waals surface area contributed by atoms with Crippen LogP contribution in [0.5, 0.6) is 0 Å². The SMILES string of the molecule is O=C(CN(c1cccc(Cl)c1)S(=O)(=O)c1ccc(Cl)cc1)N/N=C\c1ccc(F)cc1. The Labute approximate surface area is 189 Å². The van der Waals surface area contributed by atoms with Crippen LogP contribution in [0.2, 0.25) is 10.0 Å². The molecular formula is C21H16Cl2FN3O3S. The second kappa shape index (κ2) is 9.91. The third-order valence-electron chi connectivity index (χ3n) is 4.06. The molecule has 160 valence electrons. The van der Waals surface area contributed by atoms with Crippen molar-refractivity contribution in [3.8, 4) is 0 Å². The number of carbonyl (C=O) groups excluding carboxylic acids is 1. The van der Waals surface area contributed by atoms with E-state index in [-0.39, 0.29) is 10.6 Å². The summed E-state index contributed by atoms with van der Waals surface area (Å²) >= 11 is 11.9. The van der Waals surface area contributed by atoms with E-state index in [1.54, 1.807) is 12.1 Å². The predicted molar refractivity (Wildman–Crippen MR) is 120 cm³/mol. The van der Waals surface area contributed by atoms with Crippen molar-refractivity contribution in [2.75, 3.05) is 10.8 Å². The summed E-state index contributed by atoms with van der Waals surface area (Å²) in [4.78, 5) is 12.4. The van der Waals surface area contributed by atoms with Crippen LogP contribution in [0, 0.1) is 5.82 Å². The van der Waals surface area contributed by atoms with Gasteiger partial charge in [0.15, 0.2) is 0 Å². The number of hydrazone groups is 1. The Balaban J connectivity index is 1.83. The molecule has 1 N–H and O–H groups in total. The van der Waals surface area contributed by atoms with Gasteiger partial charge in [0.1, 0.15) is 12.4 Å². The van der Waals surface area contributed by atoms with Crippen molar-refractivity contribution < 1.29 is 17.6 Å². The number of nitrogens with one attached hydrogen (secondary N) is 1. The van der Waals surface area contributed by atoms with E-state index in [9.17, 15) is 17.6 Å². The van der Waals surface area contributed by atoms with E-state index in [1.807, 2.05) is 0 Å². The van der Waals surface area contributed by atoms with E-state index in [0.29, 0.717) is 15.6 Å². The number of hydrogen-bond donors (Lipinski definition) is 1. The molecule has 0 aromatic heterocycles. The van der Waals surface area contributed by atoms with Crippen LogP contribution in [0.4, 0.5) is 10.1 Å². The molecule has 0 unspecified atom stereocenters. The zero-order valence-corrected chi connectivity index (χ0v) is 18.2. The number of benzene rings is 3. The quantitative estimate of drug-likeness (QED) is 0.400. The van der Waals surface area contributed by atoms with E-state index in [4.69, 9.17) is 23.2 Å². The maximum Gasteiger partial charge on any atom is 0.264 e. The Hall–Kier alpha value is -2.94. The zero-order valence-electron chi connectivity index (χ0n) is 15.9. The van der Waals surface area contributed by atoms with Crippen molar-refractivity contribution in [1.29, 1.82) is 0 Å². The number of halogens is 3. The summed E-state index contributed by atoms with van der Waals surface area (Å²) in [5, 5.41) is 4.47. The summed E-state index contributed by atoms with van der Waals surface area (Å²) in [6, 6.07) is 17.2. The van der Waals surface area contributed by atoms with Crippen LogP contribution < -0.4 is 9.73 Å². The smallest absolute Gasteiger partial charge is 0.264 e. The Kier molecular flexibility index (Phi) is 7.27. The number of rotatable bonds is 7. The lowest BCUT2D eigenvalue weighted by Gasteiger charge is -2.23. The standard InChI is InChI=1S/C21H16Cl2FN3O3S/c22-16-6-10-20(11-7-16)31(29,30)27(19-3-1-2-17(23)12-19)14-21(28)26-25-13-15-4-8-18(24)9-5-15/h1-13H,14H2,(H,26,28)/b25-13-. The van der Waals surface area contributed by atoms with Crippen LogP contribution in [-0.4, -0.2) is 27.1 Å². The molecule has 0 aliphatic rings. The minimum absolute atomic E-state index is 0.0421. The number of anilines is 1. The summed E-state index contributed by atoms with van der Waals surface area (Å²) in [5.41, 5.74) is 3.04. The van der Waals surface area contributed by atoms with Gasteiger partial charge in [-0.3, -0.25) is 9.10 Å². The first-order chi connectivity index (χ1) is 14.8. The highest BCUT2D eigenvalue weighted by molar-refractivity contribution is 7.92. The molecule has 6 nitrogen and oxygen atoms in total. The van der Waals surface area contributed by atoms with Crippen LogP contribution in [0.1, 0.15) is 5.56 Å². The monoisotopic (exact) mass is 479 g/mol. The van der Waals surface area contributed by atoms with E-state index >= 15 is 0 Å². The fourth-order valence-corrected chi connectivity index (χ4v) is 4.30. The second-order valence-corrected chi connectivity index (χ2v) is 9.03. The van der Waals surface area contributed by atoms with Crippen molar-refractivity contribution in [1.82, 2.24) is 5.43 Å². The lowest BCUT2D eigenvalue weighted by atomic mass is 10.2. The lowest BCUT2D eigenvalue weighted by Crippen LogP contribution is -2.39. The number of sulfonamides is 1. The fraction of sp³-hybridized carbons (Fsp3) is 0.0476. The van der Waals surface area contributed by atoms with Gasteiger partial charge < -0.3 is 0 Å². The molecule has 0 aliphatic heterocycles. The van der Waals surface area contributed by atoms with Gasteiger partial charge in [-0.1, -0.05) is 41.4 Å². The molecule has 10 heteroatoms. The fourth-order valence-electron chi connectivity index (χ4n) is 2.57. The number of hydrogen-bond acceptors (Lipinski definition) is 4. The van der Waals surface area contributed by atoms with Crippen LogP contribution >= 0.6 is 23.2 Å². The van der Waals surface area contributed by atoms with Crippen molar-refractivity contribution in [2.24, 2.45) is 5.10 Å². The zero-order chi connectivity index (χ0) is 22.4. The van der Waals surface area contributed by atoms with Gasteiger partial charge in [-0.25, -0.2) is 18.2 Å². The summed E-state index contributed by atoms with van der Waals surface area (Å²) < 4.78 is 40.3. The molecule has 0 bridgehead atoms. The number of amides is 1. The maximum atomic E-state index is 13.2. The average Bonchev–Trinajstić information content (AvgIpc) is 2.73. The molecule has 0 fully saturated rings. The van der Waals surface area contributed by atoms with Crippen LogP contribution in [0.25, 0.3) is 0 Å². The van der Waals surface area contributed by atoms with Gasteiger partial charge in [0.25, 0.3) is 15.9 Å².